The number of hydrogen-bond donors (Lipinski definition) is 2. The third kappa shape index (κ3) is 4.41. The van der Waals surface area contributed by atoms with Crippen LogP contribution < -0.4 is 45.7 Å². The van der Waals surface area contributed by atoms with Gasteiger partial charge >= 0.3 is 29.6 Å². The second-order valence-electron chi connectivity index (χ2n) is 5.80. The Labute approximate surface area is 195 Å². The molecule has 2 aliphatic heterocycles. The van der Waals surface area contributed by atoms with Gasteiger partial charge in [0.25, 0.3) is 5.91 Å². The number of rotatable bonds is 6. The number of thiazole rings is 1. The number of fused-ring (bicyclic) bond motifs is 1. The van der Waals surface area contributed by atoms with Crippen molar-refractivity contribution in [1.82, 2.24) is 15.2 Å². The van der Waals surface area contributed by atoms with Gasteiger partial charge in [-0.3, -0.25) is 9.59 Å². The molecule has 0 spiro atoms. The summed E-state index contributed by atoms with van der Waals surface area (Å²) in [5, 5.41) is 18.9. The molecule has 3 N–H and O–H groups in total. The van der Waals surface area contributed by atoms with Crippen LogP contribution in [0, 0.1) is 0 Å². The quantitative estimate of drug-likeness (QED) is 0.143. The molecule has 28 heavy (non-hydrogen) atoms. The van der Waals surface area contributed by atoms with Gasteiger partial charge in [0, 0.05) is 17.7 Å². The maximum atomic E-state index is 12.6. The van der Waals surface area contributed by atoms with E-state index in [1.54, 1.807) is 12.3 Å². The van der Waals surface area contributed by atoms with Gasteiger partial charge in [0.05, 0.1) is 5.97 Å². The van der Waals surface area contributed by atoms with Crippen molar-refractivity contribution in [1.29, 1.82) is 0 Å². The van der Waals surface area contributed by atoms with Crippen LogP contribution in [0.25, 0.3) is 0 Å². The number of anilines is 1. The Hall–Kier alpha value is -1.05. The fourth-order valence-corrected chi connectivity index (χ4v) is 4.85. The first kappa shape index (κ1) is 23.2. The number of alkyl halides is 1. The minimum atomic E-state index is -1.63. The van der Waals surface area contributed by atoms with Crippen LogP contribution in [0.4, 0.5) is 5.13 Å². The van der Waals surface area contributed by atoms with Crippen molar-refractivity contribution in [3.8, 4) is 0 Å². The average molecular weight is 456 g/mol. The summed E-state index contributed by atoms with van der Waals surface area (Å²) >= 11 is 8.30. The van der Waals surface area contributed by atoms with E-state index in [0.29, 0.717) is 0 Å². The number of aromatic nitrogens is 1. The van der Waals surface area contributed by atoms with Crippen molar-refractivity contribution in [2.24, 2.45) is 5.16 Å². The molecule has 3 rings (SSSR count). The van der Waals surface area contributed by atoms with E-state index >= 15 is 0 Å². The van der Waals surface area contributed by atoms with Gasteiger partial charge in [-0.15, -0.1) is 34.7 Å². The molecule has 14 heteroatoms. The van der Waals surface area contributed by atoms with Crippen LogP contribution in [0.3, 0.4) is 0 Å². The van der Waals surface area contributed by atoms with E-state index in [1.807, 2.05) is 0 Å². The van der Waals surface area contributed by atoms with Gasteiger partial charge in [0.1, 0.15) is 28.6 Å². The number of nitrogen functional groups attached to an aromatic ring is 1. The molecule has 0 saturated carbocycles. The van der Waals surface area contributed by atoms with Gasteiger partial charge in [-0.1, -0.05) is 5.16 Å². The summed E-state index contributed by atoms with van der Waals surface area (Å²) in [6.07, 6.45) is 0. The van der Waals surface area contributed by atoms with Gasteiger partial charge in [-0.05, 0) is 6.92 Å². The number of oxime groups is 1. The van der Waals surface area contributed by atoms with Crippen molar-refractivity contribution in [2.75, 3.05) is 24.6 Å². The molecule has 10 nitrogen and oxygen atoms in total. The molecule has 0 radical (unpaired) electrons. The van der Waals surface area contributed by atoms with E-state index < -0.39 is 34.1 Å². The van der Waals surface area contributed by atoms with Crippen LogP contribution in [-0.4, -0.2) is 68.6 Å². The fraction of sp³-hybridized carbons (Fsp3) is 0.500. The number of nitrogens with zero attached hydrogens (tertiary/aromatic N) is 3. The number of β-lactam (4-membered cyclic amide) rings is 1. The largest absolute Gasteiger partial charge is 1.00 e. The predicted molar refractivity (Wildman–Crippen MR) is 98.2 cm³/mol. The zero-order valence-corrected chi connectivity index (χ0v) is 19.4. The molecule has 3 atom stereocenters. The number of thioether (sulfide) groups is 1. The van der Waals surface area contributed by atoms with E-state index in [1.165, 1.54) is 4.90 Å². The first-order valence-corrected chi connectivity index (χ1v) is 10.1. The summed E-state index contributed by atoms with van der Waals surface area (Å²) in [7, 11) is 0. The van der Waals surface area contributed by atoms with Crippen LogP contribution in [-0.2, 0) is 19.2 Å². The second-order valence-corrected chi connectivity index (χ2v) is 8.52. The third-order valence-electron chi connectivity index (χ3n) is 3.96. The van der Waals surface area contributed by atoms with Crippen LogP contribution in [0.5, 0.6) is 0 Å². The molecule has 2 aliphatic rings. The number of carboxylic acids is 1. The number of nitrogens with two attached hydrogens (primary N) is 1. The molecular weight excluding hydrogens is 441 g/mol. The van der Waals surface area contributed by atoms with Crippen molar-refractivity contribution in [2.45, 2.75) is 23.2 Å². The van der Waals surface area contributed by atoms with Crippen LogP contribution in [0.15, 0.2) is 10.5 Å². The Morgan fingerprint density at radius 3 is 2.89 bits per heavy atom. The van der Waals surface area contributed by atoms with E-state index in [9.17, 15) is 19.5 Å². The third-order valence-corrected chi connectivity index (χ3v) is 6.73. The summed E-state index contributed by atoms with van der Waals surface area (Å²) in [4.78, 5) is 44.8. The van der Waals surface area contributed by atoms with Gasteiger partial charge < -0.3 is 30.7 Å². The summed E-state index contributed by atoms with van der Waals surface area (Å²) in [6.45, 7) is 1.77. The standard InChI is InChI=1S/C14H16ClN5O5S2.Na/c1-2-25-19-7(6-3-26-13(16)17-6)9(21)18-8-10(22)20-4-14(15,12(23)24)5-27-11(8)20;/h3,8,11H,2,4-5H2,1H3,(H2,16,17)(H,18,21)(H,23,24);/q;+1/p-1/t8?,11-,14?;/m1./s1. The van der Waals surface area contributed by atoms with Crippen molar-refractivity contribution in [3.63, 3.8) is 0 Å². The summed E-state index contributed by atoms with van der Waals surface area (Å²) in [5.41, 5.74) is 5.73. The first-order chi connectivity index (χ1) is 12.8. The molecule has 2 saturated heterocycles. The Bertz CT molecular complexity index is 824. The summed E-state index contributed by atoms with van der Waals surface area (Å²) in [5.74, 6) is -2.45. The van der Waals surface area contributed by atoms with E-state index in [2.05, 4.69) is 15.5 Å². The number of amides is 2. The monoisotopic (exact) mass is 455 g/mol. The zero-order chi connectivity index (χ0) is 19.8. The van der Waals surface area contributed by atoms with Crippen molar-refractivity contribution in [3.05, 3.63) is 11.1 Å². The Morgan fingerprint density at radius 2 is 2.32 bits per heavy atom. The second kappa shape index (κ2) is 9.18. The first-order valence-electron chi connectivity index (χ1n) is 7.81. The van der Waals surface area contributed by atoms with Crippen LogP contribution >= 0.6 is 34.7 Å². The van der Waals surface area contributed by atoms with Crippen molar-refractivity contribution < 1.29 is 53.9 Å². The molecule has 3 heterocycles. The minimum Gasteiger partial charge on any atom is -0.548 e. The number of aliphatic carboxylic acids is 1. The molecule has 1 aromatic heterocycles. The minimum absolute atomic E-state index is 0. The smallest absolute Gasteiger partial charge is 0.548 e. The Balaban J connectivity index is 0.00000280. The number of halogens is 1. The zero-order valence-electron chi connectivity index (χ0n) is 15.0. The molecule has 146 valence electrons. The van der Waals surface area contributed by atoms with Gasteiger partial charge in [-0.25, -0.2) is 4.98 Å². The van der Waals surface area contributed by atoms with Gasteiger partial charge in [0.15, 0.2) is 10.8 Å². The number of nitrogens with one attached hydrogen (secondary N) is 1. The SMILES string of the molecule is CCON=C(C(=O)NC1C(=O)N2CC(Cl)(C(=O)[O-])CS[C@H]12)c1csc(N)n1.[Na+]. The number of hydrogen-bond acceptors (Lipinski definition) is 10. The fourth-order valence-electron chi connectivity index (χ4n) is 2.61. The van der Waals surface area contributed by atoms with Crippen LogP contribution in [0.2, 0.25) is 0 Å². The normalized spacial score (nSPS) is 26.6. The summed E-state index contributed by atoms with van der Waals surface area (Å²) in [6, 6.07) is -0.826. The maximum Gasteiger partial charge on any atom is 1.00 e. The Kier molecular flexibility index (Phi) is 7.62. The molecule has 2 amide bonds. The molecule has 2 unspecified atom stereocenters. The van der Waals surface area contributed by atoms with E-state index in [-0.39, 0.29) is 65.0 Å². The maximum absolute atomic E-state index is 12.6. The Morgan fingerprint density at radius 1 is 1.61 bits per heavy atom. The predicted octanol–water partition coefficient (Wildman–Crippen LogP) is -4.40. The molecule has 1 aromatic rings. The van der Waals surface area contributed by atoms with Gasteiger partial charge in [0.2, 0.25) is 5.91 Å². The van der Waals surface area contributed by atoms with E-state index in [4.69, 9.17) is 22.2 Å². The van der Waals surface area contributed by atoms with Gasteiger partial charge in [-0.2, -0.15) is 0 Å². The molecule has 2 fully saturated rings. The molecule has 0 bridgehead atoms. The number of carboxylic acid groups (broad SMARTS) is 1. The molecule has 0 aromatic carbocycles. The average Bonchev–Trinajstić information content (AvgIpc) is 3.06. The van der Waals surface area contributed by atoms with Crippen molar-refractivity contribution >= 4 is 63.3 Å². The number of carbonyl (C=O) groups excluding carboxylic acids is 3. The van der Waals surface area contributed by atoms with Crippen LogP contribution in [0.1, 0.15) is 12.6 Å². The van der Waals surface area contributed by atoms with E-state index in [0.717, 1.165) is 23.1 Å². The molecular formula is C14H15ClN5NaO5S2. The molecule has 0 aliphatic carbocycles. The summed E-state index contributed by atoms with van der Waals surface area (Å²) < 4.78 is 0. The topological polar surface area (TPSA) is 150 Å². The number of carbonyl (C=O) groups is 3.